The molecule has 5 nitrogen and oxygen atoms in total. The Balaban J connectivity index is 1.74. The molecule has 0 spiro atoms. The third kappa shape index (κ3) is 4.50. The molecule has 1 aliphatic rings. The van der Waals surface area contributed by atoms with E-state index in [9.17, 15) is 13.2 Å². The van der Waals surface area contributed by atoms with Gasteiger partial charge in [0.1, 0.15) is 5.75 Å². The van der Waals surface area contributed by atoms with Crippen LogP contribution < -0.4 is 9.64 Å². The van der Waals surface area contributed by atoms with Gasteiger partial charge in [0.2, 0.25) is 0 Å². The van der Waals surface area contributed by atoms with Crippen LogP contribution in [0.3, 0.4) is 0 Å². The summed E-state index contributed by atoms with van der Waals surface area (Å²) in [6.07, 6.45) is 2.76. The highest BCUT2D eigenvalue weighted by Crippen LogP contribution is 2.30. The zero-order chi connectivity index (χ0) is 19.6. The molecule has 6 heteroatoms. The van der Waals surface area contributed by atoms with Gasteiger partial charge in [-0.25, -0.2) is 8.42 Å². The summed E-state index contributed by atoms with van der Waals surface area (Å²) < 4.78 is 29.3. The molecule has 3 rings (SSSR count). The maximum Gasteiger partial charge on any atom is 0.264 e. The second-order valence-corrected chi connectivity index (χ2v) is 9.24. The summed E-state index contributed by atoms with van der Waals surface area (Å²) in [4.78, 5) is 14.7. The number of benzene rings is 2. The highest BCUT2D eigenvalue weighted by atomic mass is 32.2. The van der Waals surface area contributed by atoms with Crippen molar-refractivity contribution in [2.45, 2.75) is 37.5 Å². The van der Waals surface area contributed by atoms with E-state index in [0.717, 1.165) is 29.7 Å². The van der Waals surface area contributed by atoms with Crippen molar-refractivity contribution in [3.8, 4) is 5.75 Å². The summed E-state index contributed by atoms with van der Waals surface area (Å²) in [6.45, 7) is 4.79. The quantitative estimate of drug-likeness (QED) is 0.787. The first-order valence-electron chi connectivity index (χ1n) is 9.12. The van der Waals surface area contributed by atoms with Crippen molar-refractivity contribution >= 4 is 21.4 Å². The molecule has 1 amide bonds. The van der Waals surface area contributed by atoms with Crippen molar-refractivity contribution in [1.29, 1.82) is 0 Å². The molecule has 0 aliphatic carbocycles. The monoisotopic (exact) mass is 387 g/mol. The van der Waals surface area contributed by atoms with Crippen molar-refractivity contribution in [3.05, 3.63) is 53.6 Å². The molecule has 0 bridgehead atoms. The molecule has 0 atom stereocenters. The van der Waals surface area contributed by atoms with Crippen molar-refractivity contribution in [3.63, 3.8) is 0 Å². The first-order chi connectivity index (χ1) is 12.8. The SMILES string of the molecule is CC(C)c1cccc(OCC(=O)N2CCCc3cc(S(C)(=O)=O)ccc32)c1. The van der Waals surface area contributed by atoms with Crippen LogP contribution in [0.15, 0.2) is 47.4 Å². The molecule has 0 unspecified atom stereocenters. The first-order valence-corrected chi connectivity index (χ1v) is 11.0. The molecule has 27 heavy (non-hydrogen) atoms. The average Bonchev–Trinajstić information content (AvgIpc) is 2.64. The van der Waals surface area contributed by atoms with Crippen LogP contribution in [0.4, 0.5) is 5.69 Å². The van der Waals surface area contributed by atoms with Gasteiger partial charge in [-0.15, -0.1) is 0 Å². The van der Waals surface area contributed by atoms with Crippen LogP contribution in [-0.2, 0) is 21.1 Å². The number of amides is 1. The lowest BCUT2D eigenvalue weighted by atomic mass is 10.0. The number of hydrogen-bond donors (Lipinski definition) is 0. The van der Waals surface area contributed by atoms with Gasteiger partial charge in [-0.2, -0.15) is 0 Å². The Hall–Kier alpha value is -2.34. The van der Waals surface area contributed by atoms with Gasteiger partial charge < -0.3 is 9.64 Å². The Morgan fingerprint density at radius 2 is 1.96 bits per heavy atom. The van der Waals surface area contributed by atoms with E-state index in [2.05, 4.69) is 13.8 Å². The maximum absolute atomic E-state index is 12.7. The fraction of sp³-hybridized carbons (Fsp3) is 0.381. The molecule has 0 N–H and O–H groups in total. The minimum atomic E-state index is -3.26. The minimum absolute atomic E-state index is 0.0468. The molecule has 1 aliphatic heterocycles. The van der Waals surface area contributed by atoms with Crippen molar-refractivity contribution in [2.24, 2.45) is 0 Å². The van der Waals surface area contributed by atoms with Crippen LogP contribution in [0.5, 0.6) is 5.75 Å². The van der Waals surface area contributed by atoms with Gasteiger partial charge in [-0.1, -0.05) is 26.0 Å². The van der Waals surface area contributed by atoms with Crippen LogP contribution in [0, 0.1) is 0 Å². The van der Waals surface area contributed by atoms with Crippen LogP contribution in [0.25, 0.3) is 0 Å². The van der Waals surface area contributed by atoms with Gasteiger partial charge in [0.15, 0.2) is 16.4 Å². The third-order valence-corrected chi connectivity index (χ3v) is 5.90. The summed E-state index contributed by atoms with van der Waals surface area (Å²) in [7, 11) is -3.26. The standard InChI is InChI=1S/C21H25NO4S/c1-15(2)16-6-4-8-18(12-16)26-14-21(23)22-11-5-7-17-13-19(27(3,24)25)9-10-20(17)22/h4,6,8-10,12-13,15H,5,7,11,14H2,1-3H3. The highest BCUT2D eigenvalue weighted by Gasteiger charge is 2.24. The minimum Gasteiger partial charge on any atom is -0.484 e. The Morgan fingerprint density at radius 3 is 2.67 bits per heavy atom. The normalized spacial score (nSPS) is 14.1. The van der Waals surface area contributed by atoms with Gasteiger partial charge in [0.05, 0.1) is 4.90 Å². The predicted octanol–water partition coefficient (Wildman–Crippen LogP) is 3.57. The Labute approximate surface area is 160 Å². The van der Waals surface area contributed by atoms with E-state index in [-0.39, 0.29) is 17.4 Å². The average molecular weight is 388 g/mol. The molecule has 0 radical (unpaired) electrons. The zero-order valence-corrected chi connectivity index (χ0v) is 16.8. The van der Waals surface area contributed by atoms with Crippen LogP contribution in [0.2, 0.25) is 0 Å². The molecule has 0 aromatic heterocycles. The number of hydrogen-bond acceptors (Lipinski definition) is 4. The summed E-state index contributed by atoms with van der Waals surface area (Å²) in [5.41, 5.74) is 2.83. The van der Waals surface area contributed by atoms with E-state index in [0.29, 0.717) is 18.2 Å². The second kappa shape index (κ2) is 7.72. The van der Waals surface area contributed by atoms with E-state index in [1.165, 1.54) is 6.26 Å². The van der Waals surface area contributed by atoms with E-state index in [1.807, 2.05) is 24.3 Å². The number of carbonyl (C=O) groups is 1. The lowest BCUT2D eigenvalue weighted by molar-refractivity contribution is -0.120. The number of anilines is 1. The van der Waals surface area contributed by atoms with E-state index >= 15 is 0 Å². The first kappa shape index (κ1) is 19.4. The fourth-order valence-corrected chi connectivity index (χ4v) is 3.92. The number of aryl methyl sites for hydroxylation is 1. The van der Waals surface area contributed by atoms with Gasteiger partial charge in [-0.05, 0) is 60.2 Å². The molecule has 0 fully saturated rings. The number of sulfone groups is 1. The van der Waals surface area contributed by atoms with Gasteiger partial charge in [0.25, 0.3) is 5.91 Å². The van der Waals surface area contributed by atoms with Crippen molar-refractivity contribution in [2.75, 3.05) is 24.3 Å². The topological polar surface area (TPSA) is 63.7 Å². The van der Waals surface area contributed by atoms with Gasteiger partial charge in [-0.3, -0.25) is 4.79 Å². The molecular weight excluding hydrogens is 362 g/mol. The fourth-order valence-electron chi connectivity index (χ4n) is 3.25. The van der Waals surface area contributed by atoms with Crippen molar-refractivity contribution in [1.82, 2.24) is 0 Å². The van der Waals surface area contributed by atoms with Crippen molar-refractivity contribution < 1.29 is 17.9 Å². The number of nitrogens with zero attached hydrogens (tertiary/aromatic N) is 1. The summed E-state index contributed by atoms with van der Waals surface area (Å²) in [5, 5.41) is 0. The van der Waals surface area contributed by atoms with Gasteiger partial charge >= 0.3 is 0 Å². The Bertz CT molecular complexity index is 950. The predicted molar refractivity (Wildman–Crippen MR) is 106 cm³/mol. The molecule has 2 aromatic carbocycles. The van der Waals surface area contributed by atoms with E-state index in [4.69, 9.17) is 4.74 Å². The number of rotatable bonds is 5. The van der Waals surface area contributed by atoms with Crippen LogP contribution >= 0.6 is 0 Å². The number of fused-ring (bicyclic) bond motifs is 1. The zero-order valence-electron chi connectivity index (χ0n) is 15.9. The Morgan fingerprint density at radius 1 is 1.19 bits per heavy atom. The third-order valence-electron chi connectivity index (χ3n) is 4.79. The molecule has 0 saturated heterocycles. The summed E-state index contributed by atoms with van der Waals surface area (Å²) in [6, 6.07) is 12.7. The summed E-state index contributed by atoms with van der Waals surface area (Å²) >= 11 is 0. The highest BCUT2D eigenvalue weighted by molar-refractivity contribution is 7.90. The van der Waals surface area contributed by atoms with Gasteiger partial charge in [0, 0.05) is 18.5 Å². The van der Waals surface area contributed by atoms with Crippen LogP contribution in [-0.4, -0.2) is 33.7 Å². The second-order valence-electron chi connectivity index (χ2n) is 7.23. The summed E-state index contributed by atoms with van der Waals surface area (Å²) in [5.74, 6) is 0.944. The number of carbonyl (C=O) groups excluding carboxylic acids is 1. The lowest BCUT2D eigenvalue weighted by Gasteiger charge is -2.29. The maximum atomic E-state index is 12.7. The largest absolute Gasteiger partial charge is 0.484 e. The molecule has 1 heterocycles. The number of ether oxygens (including phenoxy) is 1. The molecular formula is C21H25NO4S. The smallest absolute Gasteiger partial charge is 0.264 e. The van der Waals surface area contributed by atoms with E-state index < -0.39 is 9.84 Å². The van der Waals surface area contributed by atoms with E-state index in [1.54, 1.807) is 23.1 Å². The van der Waals surface area contributed by atoms with Crippen LogP contribution in [0.1, 0.15) is 37.3 Å². The lowest BCUT2D eigenvalue weighted by Crippen LogP contribution is -2.38. The Kier molecular flexibility index (Phi) is 5.56. The molecule has 0 saturated carbocycles. The molecule has 2 aromatic rings. The molecule has 144 valence electrons.